The summed E-state index contributed by atoms with van der Waals surface area (Å²) in [4.78, 5) is 0.234. The van der Waals surface area contributed by atoms with Crippen molar-refractivity contribution in [1.82, 2.24) is 4.31 Å². The van der Waals surface area contributed by atoms with Gasteiger partial charge in [0.05, 0.1) is 32.3 Å². The van der Waals surface area contributed by atoms with Gasteiger partial charge in [-0.05, 0) is 59.5 Å². The number of fused-ring (bicyclic) bond motifs is 1. The molecule has 0 saturated heterocycles. The molecule has 6 nitrogen and oxygen atoms in total. The number of sulfonamides is 1. The molecule has 0 saturated carbocycles. The zero-order valence-corrected chi connectivity index (χ0v) is 18.6. The van der Waals surface area contributed by atoms with E-state index in [0.29, 0.717) is 30.2 Å². The minimum atomic E-state index is -3.76. The Kier molecular flexibility index (Phi) is 5.89. The molecule has 1 aliphatic rings. The molecule has 1 aliphatic heterocycles. The van der Waals surface area contributed by atoms with Gasteiger partial charge in [0.15, 0.2) is 11.5 Å². The summed E-state index contributed by atoms with van der Waals surface area (Å²) in [6.07, 6.45) is 0.578. The number of hydrogen-bond acceptors (Lipinski definition) is 5. The van der Waals surface area contributed by atoms with Gasteiger partial charge in [0.2, 0.25) is 10.0 Å². The Balaban J connectivity index is 1.87. The summed E-state index contributed by atoms with van der Waals surface area (Å²) in [6.45, 7) is 0.358. The predicted octanol–water partition coefficient (Wildman–Crippen LogP) is 4.05. The summed E-state index contributed by atoms with van der Waals surface area (Å²) in [5.74, 6) is 1.82. The first kappa shape index (κ1) is 21.2. The molecule has 0 amide bonds. The summed E-state index contributed by atoms with van der Waals surface area (Å²) < 4.78 is 45.1. The van der Waals surface area contributed by atoms with E-state index in [0.717, 1.165) is 16.7 Å². The largest absolute Gasteiger partial charge is 0.497 e. The number of benzene rings is 3. The first-order valence-corrected chi connectivity index (χ1v) is 11.4. The molecule has 162 valence electrons. The van der Waals surface area contributed by atoms with Crippen LogP contribution < -0.4 is 14.2 Å². The third-order valence-corrected chi connectivity index (χ3v) is 7.49. The molecular weight excluding hydrogens is 414 g/mol. The lowest BCUT2D eigenvalue weighted by Crippen LogP contribution is -2.40. The van der Waals surface area contributed by atoms with Crippen LogP contribution in [0.3, 0.4) is 0 Å². The maximum Gasteiger partial charge on any atom is 0.243 e. The molecule has 1 unspecified atom stereocenters. The lowest BCUT2D eigenvalue weighted by atomic mass is 9.89. The van der Waals surface area contributed by atoms with Crippen LogP contribution in [0.4, 0.5) is 0 Å². The maximum atomic E-state index is 13.7. The Morgan fingerprint density at radius 1 is 0.839 bits per heavy atom. The van der Waals surface area contributed by atoms with Crippen LogP contribution in [0.25, 0.3) is 0 Å². The highest BCUT2D eigenvalue weighted by Gasteiger charge is 2.38. The van der Waals surface area contributed by atoms with Crippen LogP contribution in [-0.2, 0) is 16.4 Å². The van der Waals surface area contributed by atoms with Gasteiger partial charge in [0.25, 0.3) is 0 Å². The van der Waals surface area contributed by atoms with Crippen molar-refractivity contribution in [3.63, 3.8) is 0 Å². The highest BCUT2D eigenvalue weighted by molar-refractivity contribution is 7.89. The maximum absolute atomic E-state index is 13.7. The summed E-state index contributed by atoms with van der Waals surface area (Å²) >= 11 is 0. The number of ether oxygens (including phenoxy) is 3. The molecule has 0 spiro atoms. The SMILES string of the molecule is COc1ccc(S(=O)(=O)N2CCc3cc(OC)c(OC)cc3C2c2ccccc2)cc1. The van der Waals surface area contributed by atoms with Crippen LogP contribution >= 0.6 is 0 Å². The summed E-state index contributed by atoms with van der Waals surface area (Å²) in [7, 11) is 0.976. The number of hydrogen-bond donors (Lipinski definition) is 0. The van der Waals surface area contributed by atoms with E-state index in [4.69, 9.17) is 14.2 Å². The number of nitrogens with zero attached hydrogens (tertiary/aromatic N) is 1. The third kappa shape index (κ3) is 3.86. The molecule has 3 aromatic carbocycles. The summed E-state index contributed by atoms with van der Waals surface area (Å²) in [5.41, 5.74) is 2.84. The Morgan fingerprint density at radius 2 is 1.48 bits per heavy atom. The standard InChI is InChI=1S/C24H25NO5S/c1-28-19-9-11-20(12-10-19)31(26,27)25-14-13-18-15-22(29-2)23(30-3)16-21(18)24(25)17-7-5-4-6-8-17/h4-12,15-16,24H,13-14H2,1-3H3. The Bertz CT molecular complexity index is 1160. The summed E-state index contributed by atoms with van der Waals surface area (Å²) in [6, 6.07) is 19.5. The Morgan fingerprint density at radius 3 is 2.10 bits per heavy atom. The van der Waals surface area contributed by atoms with E-state index < -0.39 is 16.1 Å². The fraction of sp³-hybridized carbons (Fsp3) is 0.250. The Hall–Kier alpha value is -3.03. The third-order valence-electron chi connectivity index (χ3n) is 5.61. The molecule has 0 radical (unpaired) electrons. The van der Waals surface area contributed by atoms with Crippen LogP contribution in [-0.4, -0.2) is 40.6 Å². The average molecular weight is 440 g/mol. The van der Waals surface area contributed by atoms with E-state index in [1.165, 1.54) is 0 Å². The molecule has 3 aromatic rings. The molecule has 0 bridgehead atoms. The minimum absolute atomic E-state index is 0.234. The van der Waals surface area contributed by atoms with Gasteiger partial charge < -0.3 is 14.2 Å². The monoisotopic (exact) mass is 439 g/mol. The highest BCUT2D eigenvalue weighted by Crippen LogP contribution is 2.43. The van der Waals surface area contributed by atoms with Gasteiger partial charge in [0.1, 0.15) is 5.75 Å². The zero-order chi connectivity index (χ0) is 22.0. The number of rotatable bonds is 6. The lowest BCUT2D eigenvalue weighted by molar-refractivity contribution is 0.332. The van der Waals surface area contributed by atoms with E-state index in [1.54, 1.807) is 49.9 Å². The lowest BCUT2D eigenvalue weighted by Gasteiger charge is -2.37. The number of methoxy groups -OCH3 is 3. The first-order chi connectivity index (χ1) is 15.0. The van der Waals surface area contributed by atoms with Crippen LogP contribution in [0.5, 0.6) is 17.2 Å². The van der Waals surface area contributed by atoms with Crippen LogP contribution in [0.2, 0.25) is 0 Å². The molecule has 1 atom stereocenters. The highest BCUT2D eigenvalue weighted by atomic mass is 32.2. The van der Waals surface area contributed by atoms with Crippen molar-refractivity contribution in [2.45, 2.75) is 17.4 Å². The molecular formula is C24H25NO5S. The second-order valence-corrected chi connectivity index (χ2v) is 9.15. The van der Waals surface area contributed by atoms with E-state index in [9.17, 15) is 8.42 Å². The average Bonchev–Trinajstić information content (AvgIpc) is 2.82. The van der Waals surface area contributed by atoms with Crippen molar-refractivity contribution in [3.05, 3.63) is 83.4 Å². The van der Waals surface area contributed by atoms with Gasteiger partial charge in [-0.15, -0.1) is 0 Å². The second-order valence-electron chi connectivity index (χ2n) is 7.26. The normalized spacial score (nSPS) is 16.4. The molecule has 4 rings (SSSR count). The van der Waals surface area contributed by atoms with Crippen LogP contribution in [0.15, 0.2) is 71.6 Å². The van der Waals surface area contributed by atoms with Crippen molar-refractivity contribution in [3.8, 4) is 17.2 Å². The van der Waals surface area contributed by atoms with E-state index in [2.05, 4.69) is 0 Å². The van der Waals surface area contributed by atoms with Gasteiger partial charge in [-0.25, -0.2) is 8.42 Å². The van der Waals surface area contributed by atoms with Crippen molar-refractivity contribution >= 4 is 10.0 Å². The quantitative estimate of drug-likeness (QED) is 0.580. The Labute approximate surface area is 183 Å². The molecule has 31 heavy (non-hydrogen) atoms. The van der Waals surface area contributed by atoms with Gasteiger partial charge in [-0.3, -0.25) is 0 Å². The fourth-order valence-corrected chi connectivity index (χ4v) is 5.64. The van der Waals surface area contributed by atoms with Crippen molar-refractivity contribution in [2.24, 2.45) is 0 Å². The van der Waals surface area contributed by atoms with Gasteiger partial charge >= 0.3 is 0 Å². The second kappa shape index (κ2) is 8.61. The minimum Gasteiger partial charge on any atom is -0.497 e. The summed E-state index contributed by atoms with van der Waals surface area (Å²) in [5, 5.41) is 0. The topological polar surface area (TPSA) is 65.1 Å². The molecule has 0 aromatic heterocycles. The predicted molar refractivity (Wildman–Crippen MR) is 118 cm³/mol. The molecule has 1 heterocycles. The molecule has 0 aliphatic carbocycles. The van der Waals surface area contributed by atoms with Crippen molar-refractivity contribution in [2.75, 3.05) is 27.9 Å². The van der Waals surface area contributed by atoms with Crippen LogP contribution in [0.1, 0.15) is 22.7 Å². The van der Waals surface area contributed by atoms with Crippen LogP contribution in [0, 0.1) is 0 Å². The smallest absolute Gasteiger partial charge is 0.243 e. The van der Waals surface area contributed by atoms with Gasteiger partial charge in [-0.1, -0.05) is 30.3 Å². The van der Waals surface area contributed by atoms with Gasteiger partial charge in [-0.2, -0.15) is 4.31 Å². The first-order valence-electron chi connectivity index (χ1n) is 9.95. The molecule has 0 fully saturated rings. The van der Waals surface area contributed by atoms with E-state index in [-0.39, 0.29) is 4.90 Å². The van der Waals surface area contributed by atoms with Crippen molar-refractivity contribution in [1.29, 1.82) is 0 Å². The molecule has 7 heteroatoms. The van der Waals surface area contributed by atoms with Gasteiger partial charge in [0, 0.05) is 6.54 Å². The van der Waals surface area contributed by atoms with Crippen molar-refractivity contribution < 1.29 is 22.6 Å². The van der Waals surface area contributed by atoms with E-state index >= 15 is 0 Å². The fourth-order valence-electron chi connectivity index (χ4n) is 4.05. The van der Waals surface area contributed by atoms with E-state index in [1.807, 2.05) is 42.5 Å². The molecule has 0 N–H and O–H groups in total. The zero-order valence-electron chi connectivity index (χ0n) is 17.7.